The van der Waals surface area contributed by atoms with Crippen LogP contribution in [0.2, 0.25) is 0 Å². The minimum Gasteiger partial charge on any atom is -0.357 e. The molecule has 0 saturated carbocycles. The maximum Gasteiger partial charge on any atom is 0.194 e. The van der Waals surface area contributed by atoms with Crippen LogP contribution < -0.4 is 5.32 Å². The molecule has 7 heteroatoms. The summed E-state index contributed by atoms with van der Waals surface area (Å²) in [6.45, 7) is 12.6. The molecule has 0 spiro atoms. The number of guanidine groups is 1. The van der Waals surface area contributed by atoms with Crippen LogP contribution in [0.3, 0.4) is 0 Å². The van der Waals surface area contributed by atoms with Crippen LogP contribution in [0.5, 0.6) is 0 Å². The molecule has 0 bridgehead atoms. The zero-order valence-electron chi connectivity index (χ0n) is 15.8. The summed E-state index contributed by atoms with van der Waals surface area (Å²) >= 11 is 2.08. The van der Waals surface area contributed by atoms with Gasteiger partial charge in [-0.05, 0) is 39.3 Å². The molecule has 0 radical (unpaired) electrons. The van der Waals surface area contributed by atoms with Crippen molar-refractivity contribution in [1.29, 1.82) is 0 Å². The first-order chi connectivity index (χ1) is 11.9. The molecule has 0 aromatic carbocycles. The van der Waals surface area contributed by atoms with Gasteiger partial charge in [0.25, 0.3) is 0 Å². The predicted molar refractivity (Wildman–Crippen MR) is 121 cm³/mol. The van der Waals surface area contributed by atoms with E-state index in [2.05, 4.69) is 38.7 Å². The maximum absolute atomic E-state index is 4.93. The molecule has 0 aromatic rings. The molecule has 1 unspecified atom stereocenters. The van der Waals surface area contributed by atoms with Crippen LogP contribution in [0, 0.1) is 0 Å². The molecule has 3 aliphatic heterocycles. The quantitative estimate of drug-likeness (QED) is 0.370. The zero-order chi connectivity index (χ0) is 16.6. The van der Waals surface area contributed by atoms with Gasteiger partial charge >= 0.3 is 0 Å². The van der Waals surface area contributed by atoms with Crippen molar-refractivity contribution in [1.82, 2.24) is 20.0 Å². The lowest BCUT2D eigenvalue weighted by molar-refractivity contribution is 0.168. The molecule has 0 aromatic heterocycles. The summed E-state index contributed by atoms with van der Waals surface area (Å²) < 4.78 is 0. The van der Waals surface area contributed by atoms with Crippen LogP contribution in [0.15, 0.2) is 4.99 Å². The smallest absolute Gasteiger partial charge is 0.194 e. The first-order valence-electron chi connectivity index (χ1n) is 9.94. The van der Waals surface area contributed by atoms with E-state index in [1.54, 1.807) is 0 Å². The molecule has 1 atom stereocenters. The molecule has 3 saturated heterocycles. The number of rotatable bonds is 5. The minimum absolute atomic E-state index is 0. The van der Waals surface area contributed by atoms with Gasteiger partial charge in [0.1, 0.15) is 0 Å². The van der Waals surface area contributed by atoms with E-state index in [0.29, 0.717) is 0 Å². The number of piperidine rings is 1. The highest BCUT2D eigenvalue weighted by Crippen LogP contribution is 2.20. The molecule has 0 aliphatic carbocycles. The van der Waals surface area contributed by atoms with Crippen LogP contribution >= 0.6 is 35.7 Å². The third-order valence-corrected chi connectivity index (χ3v) is 6.43. The van der Waals surface area contributed by atoms with Gasteiger partial charge in [0, 0.05) is 56.8 Å². The van der Waals surface area contributed by atoms with Crippen molar-refractivity contribution in [3.63, 3.8) is 0 Å². The van der Waals surface area contributed by atoms with Gasteiger partial charge in [-0.15, -0.1) is 24.0 Å². The van der Waals surface area contributed by atoms with E-state index >= 15 is 0 Å². The second-order valence-corrected chi connectivity index (χ2v) is 8.40. The first-order valence-corrected chi connectivity index (χ1v) is 11.1. The van der Waals surface area contributed by atoms with Crippen molar-refractivity contribution < 1.29 is 0 Å². The van der Waals surface area contributed by atoms with E-state index in [4.69, 9.17) is 4.99 Å². The van der Waals surface area contributed by atoms with Crippen molar-refractivity contribution in [3.05, 3.63) is 0 Å². The highest BCUT2D eigenvalue weighted by molar-refractivity contribution is 14.0. The molecule has 5 nitrogen and oxygen atoms in total. The van der Waals surface area contributed by atoms with Crippen molar-refractivity contribution in [2.24, 2.45) is 4.99 Å². The summed E-state index contributed by atoms with van der Waals surface area (Å²) in [4.78, 5) is 12.7. The maximum atomic E-state index is 4.93. The van der Waals surface area contributed by atoms with Crippen LogP contribution in [0.25, 0.3) is 0 Å². The summed E-state index contributed by atoms with van der Waals surface area (Å²) in [6, 6.07) is 0.744. The summed E-state index contributed by atoms with van der Waals surface area (Å²) in [5.74, 6) is 3.71. The van der Waals surface area contributed by atoms with E-state index in [9.17, 15) is 0 Å². The first kappa shape index (κ1) is 21.6. The number of likely N-dealkylation sites (tertiary alicyclic amines) is 2. The molecular weight excluding hydrogens is 445 g/mol. The summed E-state index contributed by atoms with van der Waals surface area (Å²) in [5, 5.41) is 3.52. The number of nitrogens with one attached hydrogen (secondary N) is 1. The van der Waals surface area contributed by atoms with E-state index < -0.39 is 0 Å². The van der Waals surface area contributed by atoms with E-state index in [1.165, 1.54) is 63.4 Å². The fraction of sp³-hybridized carbons (Fsp3) is 0.944. The highest BCUT2D eigenvalue weighted by atomic mass is 127. The Labute approximate surface area is 175 Å². The van der Waals surface area contributed by atoms with Crippen molar-refractivity contribution in [3.8, 4) is 0 Å². The largest absolute Gasteiger partial charge is 0.357 e. The SMILES string of the molecule is CCNC(=NCCN1CCSCC1)N1CCC(N2CCCCC2)C1.I. The van der Waals surface area contributed by atoms with E-state index in [1.807, 2.05) is 0 Å². The average molecular weight is 481 g/mol. The van der Waals surface area contributed by atoms with Gasteiger partial charge in [0.15, 0.2) is 5.96 Å². The van der Waals surface area contributed by atoms with Gasteiger partial charge in [0.05, 0.1) is 6.54 Å². The molecule has 3 fully saturated rings. The Morgan fingerprint density at radius 3 is 2.56 bits per heavy atom. The topological polar surface area (TPSA) is 34.1 Å². The second kappa shape index (κ2) is 11.9. The van der Waals surface area contributed by atoms with E-state index in [-0.39, 0.29) is 24.0 Å². The average Bonchev–Trinajstić information content (AvgIpc) is 3.13. The standard InChI is InChI=1S/C18H35N5S.HI/c1-2-19-18(20-7-11-21-12-14-24-15-13-21)23-10-6-17(16-23)22-8-4-3-5-9-22;/h17H,2-16H2,1H3,(H,19,20);1H. The van der Waals surface area contributed by atoms with Gasteiger partial charge in [-0.25, -0.2) is 0 Å². The Bertz CT molecular complexity index is 397. The predicted octanol–water partition coefficient (Wildman–Crippen LogP) is 2.18. The van der Waals surface area contributed by atoms with Crippen molar-refractivity contribution >= 4 is 41.7 Å². The number of nitrogens with zero attached hydrogens (tertiary/aromatic N) is 4. The number of hydrogen-bond donors (Lipinski definition) is 1. The number of thioether (sulfide) groups is 1. The second-order valence-electron chi connectivity index (χ2n) is 7.17. The van der Waals surface area contributed by atoms with Crippen LogP contribution in [0.4, 0.5) is 0 Å². The number of aliphatic imine (C=N–C) groups is 1. The monoisotopic (exact) mass is 481 g/mol. The highest BCUT2D eigenvalue weighted by Gasteiger charge is 2.29. The number of hydrogen-bond acceptors (Lipinski definition) is 4. The lowest BCUT2D eigenvalue weighted by Gasteiger charge is -2.32. The van der Waals surface area contributed by atoms with Crippen LogP contribution in [0.1, 0.15) is 32.6 Å². The molecule has 146 valence electrons. The van der Waals surface area contributed by atoms with Crippen molar-refractivity contribution in [2.75, 3.05) is 70.4 Å². The number of halogens is 1. The molecule has 3 heterocycles. The molecule has 3 aliphatic rings. The fourth-order valence-corrected chi connectivity index (χ4v) is 5.04. The van der Waals surface area contributed by atoms with Gasteiger partial charge in [-0.2, -0.15) is 11.8 Å². The summed E-state index contributed by atoms with van der Waals surface area (Å²) in [7, 11) is 0. The Hall–Kier alpha value is 0.270. The molecule has 3 rings (SSSR count). The molecule has 0 amide bonds. The Balaban J connectivity index is 0.00000225. The van der Waals surface area contributed by atoms with Crippen molar-refractivity contribution in [2.45, 2.75) is 38.6 Å². The Morgan fingerprint density at radius 2 is 1.84 bits per heavy atom. The van der Waals surface area contributed by atoms with Gasteiger partial charge in [-0.1, -0.05) is 6.42 Å². The Kier molecular flexibility index (Phi) is 10.2. The summed E-state index contributed by atoms with van der Waals surface area (Å²) in [5.41, 5.74) is 0. The molecule has 25 heavy (non-hydrogen) atoms. The van der Waals surface area contributed by atoms with Gasteiger partial charge in [0.2, 0.25) is 0 Å². The normalized spacial score (nSPS) is 26.5. The van der Waals surface area contributed by atoms with Gasteiger partial charge in [-0.3, -0.25) is 14.8 Å². The molecular formula is C18H36IN5S. The lowest BCUT2D eigenvalue weighted by Crippen LogP contribution is -2.45. The van der Waals surface area contributed by atoms with Crippen LogP contribution in [-0.4, -0.2) is 97.1 Å². The summed E-state index contributed by atoms with van der Waals surface area (Å²) in [6.07, 6.45) is 5.50. The fourth-order valence-electron chi connectivity index (χ4n) is 4.06. The third-order valence-electron chi connectivity index (χ3n) is 5.49. The van der Waals surface area contributed by atoms with Gasteiger partial charge < -0.3 is 10.2 Å². The zero-order valence-corrected chi connectivity index (χ0v) is 18.9. The van der Waals surface area contributed by atoms with Crippen LogP contribution in [-0.2, 0) is 0 Å². The third kappa shape index (κ3) is 6.74. The lowest BCUT2D eigenvalue weighted by atomic mass is 10.1. The van der Waals surface area contributed by atoms with E-state index in [0.717, 1.165) is 44.7 Å². The molecule has 1 N–H and O–H groups in total. The Morgan fingerprint density at radius 1 is 1.08 bits per heavy atom. The minimum atomic E-state index is 0.